The van der Waals surface area contributed by atoms with Crippen molar-refractivity contribution in [1.29, 1.82) is 0 Å². The predicted molar refractivity (Wildman–Crippen MR) is 94.5 cm³/mol. The van der Waals surface area contributed by atoms with Gasteiger partial charge >= 0.3 is 15.2 Å². The van der Waals surface area contributed by atoms with E-state index in [2.05, 4.69) is 0 Å². The van der Waals surface area contributed by atoms with Crippen LogP contribution in [-0.4, -0.2) is 28.4 Å². The molecule has 1 aromatic heterocycles. The summed E-state index contributed by atoms with van der Waals surface area (Å²) in [7, 11) is -1.76. The molecule has 0 amide bonds. The van der Waals surface area contributed by atoms with Crippen molar-refractivity contribution < 1.29 is 31.6 Å². The molecule has 9 heteroatoms. The molecule has 25 heavy (non-hydrogen) atoms. The highest BCUT2D eigenvalue weighted by Crippen LogP contribution is 2.52. The Kier molecular flexibility index (Phi) is 6.80. The summed E-state index contributed by atoms with van der Waals surface area (Å²) < 4.78 is 50.7. The van der Waals surface area contributed by atoms with Gasteiger partial charge in [-0.2, -0.15) is 0 Å². The molecule has 0 saturated carbocycles. The van der Waals surface area contributed by atoms with Gasteiger partial charge in [-0.15, -0.1) is 0 Å². The van der Waals surface area contributed by atoms with Gasteiger partial charge in [-0.05, 0) is 17.2 Å². The Balaban J connectivity index is 2.46. The van der Waals surface area contributed by atoms with Gasteiger partial charge in [0.1, 0.15) is 11.9 Å². The molecule has 0 aliphatic carbocycles. The minimum Gasteiger partial charge on any atom is -0.452 e. The summed E-state index contributed by atoms with van der Waals surface area (Å²) in [5, 5.41) is 0. The Morgan fingerprint density at radius 1 is 0.920 bits per heavy atom. The highest BCUT2D eigenvalue weighted by Gasteiger charge is 2.33. The van der Waals surface area contributed by atoms with E-state index in [1.165, 1.54) is 28.4 Å². The molecule has 0 aliphatic rings. The quantitative estimate of drug-likeness (QED) is 0.601. The summed E-state index contributed by atoms with van der Waals surface area (Å²) in [5.74, 6) is 0.361. The molecule has 1 aromatic carbocycles. The summed E-state index contributed by atoms with van der Waals surface area (Å²) in [6.45, 7) is 0. The molecule has 0 spiro atoms. The molecular formula is C16H22O7P2. The standard InChI is InChI=1S/C16H22O7P2/c1-19-24(17,20-2)12-15-14(10-13-8-6-5-7-9-13)11-16(23-15)25(18,21-3)22-4/h5-9,11H,10,12H2,1-4H3. The van der Waals surface area contributed by atoms with Crippen molar-refractivity contribution in [2.75, 3.05) is 28.4 Å². The highest BCUT2D eigenvalue weighted by atomic mass is 31.2. The molecule has 0 atom stereocenters. The van der Waals surface area contributed by atoms with Gasteiger partial charge in [-0.25, -0.2) is 0 Å². The molecule has 2 rings (SSSR count). The molecule has 0 bridgehead atoms. The zero-order valence-electron chi connectivity index (χ0n) is 14.6. The second-order valence-electron chi connectivity index (χ2n) is 5.19. The zero-order valence-corrected chi connectivity index (χ0v) is 16.4. The third kappa shape index (κ3) is 4.70. The van der Waals surface area contributed by atoms with Crippen LogP contribution >= 0.6 is 15.2 Å². The maximum absolute atomic E-state index is 12.6. The lowest BCUT2D eigenvalue weighted by atomic mass is 10.1. The van der Waals surface area contributed by atoms with Crippen LogP contribution in [0.2, 0.25) is 0 Å². The Morgan fingerprint density at radius 2 is 1.52 bits per heavy atom. The van der Waals surface area contributed by atoms with Crippen LogP contribution in [0.25, 0.3) is 0 Å². The first-order chi connectivity index (χ1) is 11.9. The van der Waals surface area contributed by atoms with Crippen molar-refractivity contribution in [1.82, 2.24) is 0 Å². The van der Waals surface area contributed by atoms with Gasteiger partial charge in [0.15, 0.2) is 0 Å². The van der Waals surface area contributed by atoms with Crippen molar-refractivity contribution in [3.8, 4) is 0 Å². The summed E-state index contributed by atoms with van der Waals surface area (Å²) in [6.07, 6.45) is 0.413. The van der Waals surface area contributed by atoms with Gasteiger partial charge < -0.3 is 22.5 Å². The minimum absolute atomic E-state index is 0.0530. The number of hydrogen-bond acceptors (Lipinski definition) is 7. The molecule has 0 aliphatic heterocycles. The van der Waals surface area contributed by atoms with Gasteiger partial charge in [-0.3, -0.25) is 9.13 Å². The first-order valence-electron chi connectivity index (χ1n) is 7.48. The molecule has 138 valence electrons. The van der Waals surface area contributed by atoms with Crippen LogP contribution in [0.4, 0.5) is 0 Å². The molecule has 0 radical (unpaired) electrons. The van der Waals surface area contributed by atoms with Crippen LogP contribution in [0, 0.1) is 0 Å². The van der Waals surface area contributed by atoms with E-state index < -0.39 is 15.2 Å². The van der Waals surface area contributed by atoms with Crippen LogP contribution in [-0.2, 0) is 39.8 Å². The number of benzene rings is 1. The largest absolute Gasteiger partial charge is 0.452 e. The maximum Gasteiger partial charge on any atom is 0.395 e. The monoisotopic (exact) mass is 388 g/mol. The topological polar surface area (TPSA) is 84.2 Å². The molecule has 0 fully saturated rings. The third-order valence-electron chi connectivity index (χ3n) is 3.77. The fourth-order valence-electron chi connectivity index (χ4n) is 2.32. The van der Waals surface area contributed by atoms with Gasteiger partial charge in [0.25, 0.3) is 0 Å². The number of furan rings is 1. The summed E-state index contributed by atoms with van der Waals surface area (Å²) in [6, 6.07) is 11.3. The SMILES string of the molecule is COP(=O)(Cc1oc(P(=O)(OC)OC)cc1Cc1ccccc1)OC. The zero-order chi connectivity index (χ0) is 18.5. The first-order valence-corrected chi connectivity index (χ1v) is 10.7. The number of rotatable bonds is 9. The highest BCUT2D eigenvalue weighted by molar-refractivity contribution is 7.61. The molecule has 7 nitrogen and oxygen atoms in total. The Labute approximate surface area is 147 Å². The van der Waals surface area contributed by atoms with Crippen LogP contribution in [0.3, 0.4) is 0 Å². The predicted octanol–water partition coefficient (Wildman–Crippen LogP) is 3.97. The Morgan fingerprint density at radius 3 is 2.04 bits per heavy atom. The van der Waals surface area contributed by atoms with E-state index in [1.807, 2.05) is 30.3 Å². The van der Waals surface area contributed by atoms with Gasteiger partial charge in [0.2, 0.25) is 5.50 Å². The lowest BCUT2D eigenvalue weighted by Gasteiger charge is -2.13. The second-order valence-corrected chi connectivity index (χ2v) is 9.63. The van der Waals surface area contributed by atoms with Crippen molar-refractivity contribution in [3.63, 3.8) is 0 Å². The van der Waals surface area contributed by atoms with Crippen LogP contribution < -0.4 is 5.50 Å². The van der Waals surface area contributed by atoms with E-state index >= 15 is 0 Å². The lowest BCUT2D eigenvalue weighted by Crippen LogP contribution is -2.04. The average Bonchev–Trinajstić information content (AvgIpc) is 3.04. The van der Waals surface area contributed by atoms with Crippen molar-refractivity contribution in [3.05, 3.63) is 53.3 Å². The van der Waals surface area contributed by atoms with E-state index in [1.54, 1.807) is 6.07 Å². The Bertz CT molecular complexity index is 769. The molecule has 0 saturated heterocycles. The van der Waals surface area contributed by atoms with E-state index in [0.717, 1.165) is 5.56 Å². The van der Waals surface area contributed by atoms with Gasteiger partial charge in [0, 0.05) is 34.9 Å². The second kappa shape index (κ2) is 8.45. The van der Waals surface area contributed by atoms with Gasteiger partial charge in [-0.1, -0.05) is 30.3 Å². The van der Waals surface area contributed by atoms with E-state index in [0.29, 0.717) is 17.7 Å². The first kappa shape index (κ1) is 20.1. The smallest absolute Gasteiger partial charge is 0.395 e. The normalized spacial score (nSPS) is 12.5. The fraction of sp³-hybridized carbons (Fsp3) is 0.375. The van der Waals surface area contributed by atoms with Crippen LogP contribution in [0.1, 0.15) is 16.9 Å². The van der Waals surface area contributed by atoms with Crippen molar-refractivity contribution >= 4 is 20.7 Å². The Hall–Kier alpha value is -1.20. The van der Waals surface area contributed by atoms with E-state index in [4.69, 9.17) is 22.5 Å². The minimum atomic E-state index is -3.56. The molecular weight excluding hydrogens is 366 g/mol. The summed E-state index contributed by atoms with van der Waals surface area (Å²) in [4.78, 5) is 0. The van der Waals surface area contributed by atoms with E-state index in [-0.39, 0.29) is 11.7 Å². The molecule has 0 N–H and O–H groups in total. The molecule has 2 aromatic rings. The molecule has 1 heterocycles. The summed E-state index contributed by atoms with van der Waals surface area (Å²) in [5.41, 5.74) is 1.78. The lowest BCUT2D eigenvalue weighted by molar-refractivity contribution is 0.269. The maximum atomic E-state index is 12.6. The van der Waals surface area contributed by atoms with Crippen LogP contribution in [0.15, 0.2) is 40.8 Å². The van der Waals surface area contributed by atoms with E-state index in [9.17, 15) is 9.13 Å². The summed E-state index contributed by atoms with van der Waals surface area (Å²) >= 11 is 0. The average molecular weight is 388 g/mol. The van der Waals surface area contributed by atoms with Crippen molar-refractivity contribution in [2.45, 2.75) is 12.6 Å². The molecule has 0 unspecified atom stereocenters. The van der Waals surface area contributed by atoms with Gasteiger partial charge in [0.05, 0.1) is 0 Å². The van der Waals surface area contributed by atoms with Crippen LogP contribution in [0.5, 0.6) is 0 Å². The number of hydrogen-bond donors (Lipinski definition) is 0. The third-order valence-corrected chi connectivity index (χ3v) is 7.27. The fourth-order valence-corrected chi connectivity index (χ4v) is 4.39. The van der Waals surface area contributed by atoms with Crippen molar-refractivity contribution in [2.24, 2.45) is 0 Å².